The van der Waals surface area contributed by atoms with Gasteiger partial charge in [-0.05, 0) is 31.0 Å². The Kier molecular flexibility index (Phi) is 3.10. The monoisotopic (exact) mass is 275 g/mol. The van der Waals surface area contributed by atoms with Gasteiger partial charge in [-0.25, -0.2) is 0 Å². The topological polar surface area (TPSA) is 76.4 Å². The summed E-state index contributed by atoms with van der Waals surface area (Å²) >= 11 is 0. The summed E-state index contributed by atoms with van der Waals surface area (Å²) in [5.74, 6) is -0.131. The summed E-state index contributed by atoms with van der Waals surface area (Å²) in [5.41, 5.74) is 2.21. The third-order valence-corrected chi connectivity index (χ3v) is 3.73. The van der Waals surface area contributed by atoms with Crippen LogP contribution in [0.2, 0.25) is 0 Å². The van der Waals surface area contributed by atoms with Gasteiger partial charge in [0, 0.05) is 18.7 Å². The Morgan fingerprint density at radius 2 is 2.25 bits per heavy atom. The largest absolute Gasteiger partial charge is 0.468 e. The van der Waals surface area contributed by atoms with Gasteiger partial charge in [0.2, 0.25) is 0 Å². The number of carbonyl (C=O) groups excluding carboxylic acids is 1. The highest BCUT2D eigenvalue weighted by Crippen LogP contribution is 2.22. The Bertz CT molecular complexity index is 659. The molecule has 6 heteroatoms. The van der Waals surface area contributed by atoms with E-state index in [0.29, 0.717) is 24.4 Å². The molecule has 1 fully saturated rings. The van der Waals surface area contributed by atoms with E-state index >= 15 is 0 Å². The van der Waals surface area contributed by atoms with E-state index < -0.39 is 0 Å². The van der Waals surface area contributed by atoms with Gasteiger partial charge in [0.1, 0.15) is 0 Å². The van der Waals surface area contributed by atoms with Gasteiger partial charge in [-0.15, -0.1) is 0 Å². The lowest BCUT2D eigenvalue weighted by Gasteiger charge is -2.31. The molecule has 0 unspecified atom stereocenters. The van der Waals surface area contributed by atoms with E-state index in [0.717, 1.165) is 11.0 Å². The van der Waals surface area contributed by atoms with Crippen molar-refractivity contribution in [2.75, 3.05) is 7.11 Å². The summed E-state index contributed by atoms with van der Waals surface area (Å²) in [6.07, 6.45) is 0.986. The lowest BCUT2D eigenvalue weighted by atomic mass is 9.89. The molecule has 0 bridgehead atoms. The molecule has 1 aliphatic rings. The number of aromatic nitrogens is 2. The normalized spacial score (nSPS) is 21.6. The number of methoxy groups -OCH3 is 1. The van der Waals surface area contributed by atoms with Gasteiger partial charge in [0.25, 0.3) is 11.9 Å². The van der Waals surface area contributed by atoms with Crippen molar-refractivity contribution in [1.82, 2.24) is 14.9 Å². The van der Waals surface area contributed by atoms with Gasteiger partial charge in [-0.3, -0.25) is 9.36 Å². The number of amides is 1. The third kappa shape index (κ3) is 2.12. The van der Waals surface area contributed by atoms with Crippen LogP contribution in [0.3, 0.4) is 0 Å². The van der Waals surface area contributed by atoms with Crippen molar-refractivity contribution in [1.29, 1.82) is 0 Å². The summed E-state index contributed by atoms with van der Waals surface area (Å²) in [6, 6.07) is 5.97. The molecular weight excluding hydrogens is 258 g/mol. The van der Waals surface area contributed by atoms with Crippen LogP contribution in [0.25, 0.3) is 11.0 Å². The van der Waals surface area contributed by atoms with Crippen LogP contribution in [0.15, 0.2) is 18.2 Å². The first kappa shape index (κ1) is 12.9. The standard InChI is InChI=1S/C14H17N3O3/c1-17-12-4-3-8(5-11(12)16-14(17)20-2)13(19)15-9-6-10(18)7-9/h3-5,9-10,18H,6-7H2,1-2H3,(H,15,19). The predicted molar refractivity (Wildman–Crippen MR) is 73.8 cm³/mol. The zero-order valence-electron chi connectivity index (χ0n) is 11.5. The number of nitrogens with zero attached hydrogens (tertiary/aromatic N) is 2. The Balaban J connectivity index is 1.83. The van der Waals surface area contributed by atoms with Crippen molar-refractivity contribution < 1.29 is 14.6 Å². The molecule has 0 spiro atoms. The molecule has 1 aromatic carbocycles. The summed E-state index contributed by atoms with van der Waals surface area (Å²) in [4.78, 5) is 16.4. The summed E-state index contributed by atoms with van der Waals surface area (Å²) in [7, 11) is 3.43. The van der Waals surface area contributed by atoms with Crippen LogP contribution in [-0.2, 0) is 7.05 Å². The quantitative estimate of drug-likeness (QED) is 0.870. The molecule has 6 nitrogen and oxygen atoms in total. The van der Waals surface area contributed by atoms with Crippen LogP contribution >= 0.6 is 0 Å². The van der Waals surface area contributed by atoms with Crippen molar-refractivity contribution >= 4 is 16.9 Å². The van der Waals surface area contributed by atoms with Crippen molar-refractivity contribution in [2.24, 2.45) is 7.05 Å². The second-order valence-electron chi connectivity index (χ2n) is 5.16. The lowest BCUT2D eigenvalue weighted by molar-refractivity contribution is 0.0563. The fraction of sp³-hybridized carbons (Fsp3) is 0.429. The van der Waals surface area contributed by atoms with Gasteiger partial charge >= 0.3 is 0 Å². The lowest BCUT2D eigenvalue weighted by Crippen LogP contribution is -2.46. The number of fused-ring (bicyclic) bond motifs is 1. The molecule has 20 heavy (non-hydrogen) atoms. The Labute approximate surface area is 116 Å². The molecule has 1 aromatic heterocycles. The summed E-state index contributed by atoms with van der Waals surface area (Å²) < 4.78 is 6.99. The smallest absolute Gasteiger partial charge is 0.296 e. The Morgan fingerprint density at radius 1 is 1.50 bits per heavy atom. The predicted octanol–water partition coefficient (Wildman–Crippen LogP) is 0.835. The highest BCUT2D eigenvalue weighted by molar-refractivity contribution is 5.97. The molecule has 2 N–H and O–H groups in total. The van der Waals surface area contributed by atoms with Crippen LogP contribution in [0, 0.1) is 0 Å². The highest BCUT2D eigenvalue weighted by Gasteiger charge is 2.28. The maximum Gasteiger partial charge on any atom is 0.296 e. The number of aliphatic hydroxyl groups excluding tert-OH is 1. The van der Waals surface area contributed by atoms with Gasteiger partial charge in [-0.1, -0.05) is 0 Å². The Morgan fingerprint density at radius 3 is 2.90 bits per heavy atom. The first-order valence-electron chi connectivity index (χ1n) is 6.58. The van der Waals surface area contributed by atoms with Crippen LogP contribution in [0.5, 0.6) is 6.01 Å². The second-order valence-corrected chi connectivity index (χ2v) is 5.16. The molecule has 1 amide bonds. The van der Waals surface area contributed by atoms with Crippen LogP contribution in [0.1, 0.15) is 23.2 Å². The summed E-state index contributed by atoms with van der Waals surface area (Å²) in [6.45, 7) is 0. The SMILES string of the molecule is COc1nc2cc(C(=O)NC3CC(O)C3)ccc2n1C. The van der Waals surface area contributed by atoms with Gasteiger partial charge in [0.05, 0.1) is 24.2 Å². The molecule has 3 rings (SSSR count). The van der Waals surface area contributed by atoms with E-state index in [-0.39, 0.29) is 18.1 Å². The number of aliphatic hydroxyl groups is 1. The minimum Gasteiger partial charge on any atom is -0.468 e. The van der Waals surface area contributed by atoms with E-state index in [9.17, 15) is 9.90 Å². The van der Waals surface area contributed by atoms with Crippen molar-refractivity contribution in [2.45, 2.75) is 25.0 Å². The molecule has 1 aliphatic carbocycles. The first-order valence-corrected chi connectivity index (χ1v) is 6.58. The van der Waals surface area contributed by atoms with Gasteiger partial charge < -0.3 is 15.2 Å². The number of carbonyl (C=O) groups is 1. The average molecular weight is 275 g/mol. The molecule has 0 saturated heterocycles. The molecule has 2 aromatic rings. The Hall–Kier alpha value is -2.08. The number of hydrogen-bond acceptors (Lipinski definition) is 4. The minimum atomic E-state index is -0.275. The van der Waals surface area contributed by atoms with E-state index in [1.807, 2.05) is 17.7 Å². The molecule has 0 atom stereocenters. The van der Waals surface area contributed by atoms with Crippen LogP contribution < -0.4 is 10.1 Å². The molecule has 1 saturated carbocycles. The molecular formula is C14H17N3O3. The number of benzene rings is 1. The van der Waals surface area contributed by atoms with Crippen LogP contribution in [-0.4, -0.2) is 39.8 Å². The van der Waals surface area contributed by atoms with E-state index in [2.05, 4.69) is 10.3 Å². The second kappa shape index (κ2) is 4.79. The molecule has 1 heterocycles. The van der Waals surface area contributed by atoms with E-state index in [1.165, 1.54) is 0 Å². The van der Waals surface area contributed by atoms with E-state index in [1.54, 1.807) is 19.2 Å². The number of hydrogen-bond donors (Lipinski definition) is 2. The number of nitrogens with one attached hydrogen (secondary N) is 1. The average Bonchev–Trinajstić information content (AvgIpc) is 2.73. The number of rotatable bonds is 3. The molecule has 0 radical (unpaired) electrons. The number of imidazole rings is 1. The zero-order valence-corrected chi connectivity index (χ0v) is 11.5. The van der Waals surface area contributed by atoms with Gasteiger partial charge in [-0.2, -0.15) is 4.98 Å². The maximum atomic E-state index is 12.1. The van der Waals surface area contributed by atoms with E-state index in [4.69, 9.17) is 4.74 Å². The maximum absolute atomic E-state index is 12.1. The summed E-state index contributed by atoms with van der Waals surface area (Å²) in [5, 5.41) is 12.1. The fourth-order valence-electron chi connectivity index (χ4n) is 2.48. The molecule has 0 aliphatic heterocycles. The highest BCUT2D eigenvalue weighted by atomic mass is 16.5. The fourth-order valence-corrected chi connectivity index (χ4v) is 2.48. The number of aryl methyl sites for hydroxylation is 1. The minimum absolute atomic E-state index is 0.0754. The van der Waals surface area contributed by atoms with Crippen molar-refractivity contribution in [3.63, 3.8) is 0 Å². The zero-order chi connectivity index (χ0) is 14.3. The number of ether oxygens (including phenoxy) is 1. The van der Waals surface area contributed by atoms with Crippen molar-refractivity contribution in [3.05, 3.63) is 23.8 Å². The molecule has 106 valence electrons. The van der Waals surface area contributed by atoms with Gasteiger partial charge in [0.15, 0.2) is 0 Å². The van der Waals surface area contributed by atoms with Crippen LogP contribution in [0.4, 0.5) is 0 Å². The third-order valence-electron chi connectivity index (χ3n) is 3.73. The van der Waals surface area contributed by atoms with Crippen molar-refractivity contribution in [3.8, 4) is 6.01 Å². The first-order chi connectivity index (χ1) is 9.58.